The first-order valence-corrected chi connectivity index (χ1v) is 13.8. The summed E-state index contributed by atoms with van der Waals surface area (Å²) in [6.07, 6.45) is 3.37. The summed E-state index contributed by atoms with van der Waals surface area (Å²) in [7, 11) is 0. The summed E-state index contributed by atoms with van der Waals surface area (Å²) < 4.78 is 37.0. The summed E-state index contributed by atoms with van der Waals surface area (Å²) in [5.41, 5.74) is 1.11. The van der Waals surface area contributed by atoms with Crippen molar-refractivity contribution in [2.75, 3.05) is 6.54 Å². The van der Waals surface area contributed by atoms with Crippen LogP contribution in [0.25, 0.3) is 17.2 Å². The van der Waals surface area contributed by atoms with Gasteiger partial charge in [-0.25, -0.2) is 8.78 Å². The Morgan fingerprint density at radius 3 is 2.26 bits per heavy atom. The van der Waals surface area contributed by atoms with Crippen LogP contribution in [0, 0.1) is 34.5 Å². The highest BCUT2D eigenvalue weighted by Gasteiger charge is 2.69. The number of amides is 2. The van der Waals surface area contributed by atoms with Gasteiger partial charge in [-0.1, -0.05) is 49.4 Å². The van der Waals surface area contributed by atoms with Crippen LogP contribution in [0.5, 0.6) is 0 Å². The summed E-state index contributed by atoms with van der Waals surface area (Å²) in [6.45, 7) is 2.64. The van der Waals surface area contributed by atoms with Crippen molar-refractivity contribution >= 4 is 23.9 Å². The number of ether oxygens (including phenoxy) is 1. The first-order valence-electron chi connectivity index (χ1n) is 13.8. The summed E-state index contributed by atoms with van der Waals surface area (Å²) in [5.74, 6) is -7.97. The minimum absolute atomic E-state index is 0.189. The highest BCUT2D eigenvalue weighted by Crippen LogP contribution is 2.60. The van der Waals surface area contributed by atoms with Crippen molar-refractivity contribution in [1.82, 2.24) is 9.88 Å². The average molecular weight is 568 g/mol. The number of allylic oxidation sites excluding steroid dienone is 1. The van der Waals surface area contributed by atoms with Gasteiger partial charge in [0, 0.05) is 42.1 Å². The van der Waals surface area contributed by atoms with Crippen LogP contribution in [0.15, 0.2) is 72.9 Å². The number of cyclic esters (lactones) is 1. The fourth-order valence-electron chi connectivity index (χ4n) is 6.87. The van der Waals surface area contributed by atoms with Crippen molar-refractivity contribution in [2.45, 2.75) is 32.3 Å². The van der Waals surface area contributed by atoms with Gasteiger partial charge in [-0.2, -0.15) is 5.26 Å². The zero-order valence-electron chi connectivity index (χ0n) is 23.0. The first kappa shape index (κ1) is 27.5. The molecule has 212 valence electrons. The number of hydrogen-bond acceptors (Lipinski definition) is 6. The molecule has 5 atom stereocenters. The Balaban J connectivity index is 1.33. The number of nitrogens with zero attached hydrogens (tertiary/aromatic N) is 3. The summed E-state index contributed by atoms with van der Waals surface area (Å²) in [6, 6.07) is 19.1. The molecule has 0 spiro atoms. The van der Waals surface area contributed by atoms with Crippen LogP contribution in [-0.2, 0) is 9.53 Å². The van der Waals surface area contributed by atoms with E-state index in [1.165, 1.54) is 19.1 Å². The molecule has 1 saturated carbocycles. The van der Waals surface area contributed by atoms with Gasteiger partial charge in [0.2, 0.25) is 0 Å². The van der Waals surface area contributed by atoms with E-state index in [1.54, 1.807) is 61.7 Å². The third kappa shape index (κ3) is 4.21. The number of carbonyl (C=O) groups is 3. The van der Waals surface area contributed by atoms with Crippen LogP contribution in [-0.4, -0.2) is 46.2 Å². The number of hydrogen-bond donors (Lipinski definition) is 0. The van der Waals surface area contributed by atoms with Gasteiger partial charge in [-0.05, 0) is 43.2 Å². The standard InChI is InChI=1S/C33H27F2N3O4/c1-19-24(14-13-23-12-11-22(16-37-23)25-8-4-3-7-21(25)15-36)28-20(2)42-31(41)32(28,17-33(19,34)35)18-38-29(39)26-9-5-6-10-27(26)30(38)40/h3-14,16,19-20,24,28H,17-18H2,1-2H3/t19-,20+,24-,28-,32-/m0/s1. The second-order valence-corrected chi connectivity index (χ2v) is 11.3. The third-order valence-electron chi connectivity index (χ3n) is 9.01. The van der Waals surface area contributed by atoms with Crippen LogP contribution in [0.3, 0.4) is 0 Å². The monoisotopic (exact) mass is 567 g/mol. The summed E-state index contributed by atoms with van der Waals surface area (Å²) in [5, 5.41) is 9.41. The zero-order valence-corrected chi connectivity index (χ0v) is 23.0. The normalized spacial score (nSPS) is 28.0. The number of esters is 1. The zero-order chi connectivity index (χ0) is 29.8. The van der Waals surface area contributed by atoms with Gasteiger partial charge in [-0.15, -0.1) is 0 Å². The SMILES string of the molecule is C[C@H]1OC(=O)[C@]2(CN3C(=O)c4ccccc4C3=O)CC(F)(F)[C@@H](C)[C@H](C=Cc3ccc(-c4ccccc4C#N)cn3)[C@H]12. The van der Waals surface area contributed by atoms with Gasteiger partial charge in [0.05, 0.1) is 33.9 Å². The molecule has 2 aromatic carbocycles. The molecule has 2 amide bonds. The maximum absolute atomic E-state index is 15.7. The van der Waals surface area contributed by atoms with Gasteiger partial charge < -0.3 is 4.74 Å². The number of rotatable bonds is 5. The molecular formula is C33H27F2N3O4. The van der Waals surface area contributed by atoms with Crippen molar-refractivity contribution in [3.8, 4) is 17.2 Å². The van der Waals surface area contributed by atoms with Crippen LogP contribution in [0.4, 0.5) is 8.78 Å². The molecule has 3 aliphatic rings. The largest absolute Gasteiger partial charge is 0.462 e. The fourth-order valence-corrected chi connectivity index (χ4v) is 6.87. The van der Waals surface area contributed by atoms with Gasteiger partial charge in [-0.3, -0.25) is 24.3 Å². The molecule has 1 aromatic heterocycles. The third-order valence-corrected chi connectivity index (χ3v) is 9.01. The lowest BCUT2D eigenvalue weighted by Gasteiger charge is -2.48. The highest BCUT2D eigenvalue weighted by atomic mass is 19.3. The molecule has 2 fully saturated rings. The second-order valence-electron chi connectivity index (χ2n) is 11.3. The molecule has 0 radical (unpaired) electrons. The molecular weight excluding hydrogens is 540 g/mol. The van der Waals surface area contributed by atoms with E-state index in [2.05, 4.69) is 11.1 Å². The average Bonchev–Trinajstić information content (AvgIpc) is 3.37. The molecule has 3 heterocycles. The molecule has 42 heavy (non-hydrogen) atoms. The lowest BCUT2D eigenvalue weighted by Crippen LogP contribution is -2.58. The molecule has 0 bridgehead atoms. The van der Waals surface area contributed by atoms with Crippen molar-refractivity contribution in [2.24, 2.45) is 23.2 Å². The van der Waals surface area contributed by atoms with E-state index in [1.807, 2.05) is 12.1 Å². The molecule has 0 N–H and O–H groups in total. The number of pyridine rings is 1. The predicted molar refractivity (Wildman–Crippen MR) is 149 cm³/mol. The number of fused-ring (bicyclic) bond motifs is 2. The van der Waals surface area contributed by atoms with E-state index in [4.69, 9.17) is 4.74 Å². The quantitative estimate of drug-likeness (QED) is 0.287. The van der Waals surface area contributed by atoms with Crippen LogP contribution in [0.1, 0.15) is 52.2 Å². The minimum Gasteiger partial charge on any atom is -0.462 e. The van der Waals surface area contributed by atoms with E-state index in [9.17, 15) is 19.6 Å². The fraction of sp³-hybridized carbons (Fsp3) is 0.303. The molecule has 6 rings (SSSR count). The number of nitriles is 1. The number of benzene rings is 2. The Morgan fingerprint density at radius 2 is 1.64 bits per heavy atom. The Labute approximate surface area is 241 Å². The topological polar surface area (TPSA) is 100 Å². The smallest absolute Gasteiger partial charge is 0.314 e. The van der Waals surface area contributed by atoms with Gasteiger partial charge in [0.1, 0.15) is 6.10 Å². The van der Waals surface area contributed by atoms with Crippen LogP contribution >= 0.6 is 0 Å². The number of aromatic nitrogens is 1. The maximum Gasteiger partial charge on any atom is 0.314 e. The number of alkyl halides is 2. The molecule has 3 aromatic rings. The molecule has 2 aliphatic heterocycles. The van der Waals surface area contributed by atoms with Crippen molar-refractivity contribution in [1.29, 1.82) is 5.26 Å². The highest BCUT2D eigenvalue weighted by molar-refractivity contribution is 6.21. The van der Waals surface area contributed by atoms with Crippen molar-refractivity contribution < 1.29 is 27.9 Å². The Bertz CT molecular complexity index is 1640. The number of carbonyl (C=O) groups excluding carboxylic acids is 3. The van der Waals surface area contributed by atoms with Crippen LogP contribution in [0.2, 0.25) is 0 Å². The van der Waals surface area contributed by atoms with Gasteiger partial charge in [0.25, 0.3) is 17.7 Å². The molecule has 1 aliphatic carbocycles. The van der Waals surface area contributed by atoms with Crippen molar-refractivity contribution in [3.05, 3.63) is 95.3 Å². The van der Waals surface area contributed by atoms with E-state index in [-0.39, 0.29) is 11.1 Å². The van der Waals surface area contributed by atoms with E-state index >= 15 is 8.78 Å². The molecule has 1 saturated heterocycles. The lowest BCUT2D eigenvalue weighted by atomic mass is 9.56. The van der Waals surface area contributed by atoms with Crippen LogP contribution < -0.4 is 0 Å². The first-order chi connectivity index (χ1) is 20.1. The second kappa shape index (κ2) is 9.98. The molecule has 0 unspecified atom stereocenters. The summed E-state index contributed by atoms with van der Waals surface area (Å²) in [4.78, 5) is 45.1. The molecule has 7 nitrogen and oxygen atoms in total. The summed E-state index contributed by atoms with van der Waals surface area (Å²) >= 11 is 0. The van der Waals surface area contributed by atoms with E-state index < -0.39 is 65.9 Å². The van der Waals surface area contributed by atoms with Gasteiger partial charge >= 0.3 is 5.97 Å². The molecule has 9 heteroatoms. The van der Waals surface area contributed by atoms with E-state index in [0.29, 0.717) is 11.3 Å². The predicted octanol–water partition coefficient (Wildman–Crippen LogP) is 5.77. The number of halogens is 2. The number of imide groups is 1. The lowest BCUT2D eigenvalue weighted by molar-refractivity contribution is -0.172. The van der Waals surface area contributed by atoms with E-state index in [0.717, 1.165) is 16.0 Å². The Morgan fingerprint density at radius 1 is 1.00 bits per heavy atom. The van der Waals surface area contributed by atoms with Gasteiger partial charge in [0.15, 0.2) is 0 Å². The Kier molecular flexibility index (Phi) is 6.53. The minimum atomic E-state index is -3.27. The Hall–Kier alpha value is -4.71. The van der Waals surface area contributed by atoms with Crippen molar-refractivity contribution in [3.63, 3.8) is 0 Å². The maximum atomic E-state index is 15.7.